The molecular weight excluding hydrogens is 346 g/mol. The third-order valence-corrected chi connectivity index (χ3v) is 5.33. The van der Waals surface area contributed by atoms with Crippen LogP contribution in [0.2, 0.25) is 0 Å². The smallest absolute Gasteiger partial charge is 0.311 e. The molecule has 0 bridgehead atoms. The summed E-state index contributed by atoms with van der Waals surface area (Å²) in [4.78, 5) is 26.5. The van der Waals surface area contributed by atoms with Crippen LogP contribution in [0.1, 0.15) is 23.5 Å². The number of carbonyl (C=O) groups is 2. The van der Waals surface area contributed by atoms with E-state index in [1.165, 1.54) is 0 Å². The summed E-state index contributed by atoms with van der Waals surface area (Å²) in [5, 5.41) is 9.48. The molecule has 2 atom stereocenters. The van der Waals surface area contributed by atoms with Gasteiger partial charge in [0.25, 0.3) is 0 Å². The monoisotopic (exact) mass is 367 g/mol. The van der Waals surface area contributed by atoms with E-state index in [0.717, 1.165) is 17.1 Å². The minimum absolute atomic E-state index is 0.0280. The van der Waals surface area contributed by atoms with Crippen LogP contribution in [-0.4, -0.2) is 37.2 Å². The van der Waals surface area contributed by atoms with Crippen LogP contribution < -0.4 is 14.4 Å². The van der Waals surface area contributed by atoms with Crippen LogP contribution in [0.5, 0.6) is 11.5 Å². The Bertz CT molecular complexity index is 894. The first kappa shape index (κ1) is 17.4. The Morgan fingerprint density at radius 1 is 1.22 bits per heavy atom. The SMILES string of the molecule is COc1ccc2c(c1)CC(C(=O)N1CCC(C(=O)O)c3ccccc31)CO2. The molecule has 4 rings (SSSR count). The molecule has 1 N–H and O–H groups in total. The van der Waals surface area contributed by atoms with Crippen molar-refractivity contribution >= 4 is 17.6 Å². The number of aliphatic carboxylic acids is 1. The minimum Gasteiger partial charge on any atom is -0.497 e. The van der Waals surface area contributed by atoms with Crippen LogP contribution in [0, 0.1) is 5.92 Å². The molecule has 0 aromatic heterocycles. The first-order valence-electron chi connectivity index (χ1n) is 9.01. The highest BCUT2D eigenvalue weighted by molar-refractivity contribution is 5.98. The molecule has 6 nitrogen and oxygen atoms in total. The van der Waals surface area contributed by atoms with Gasteiger partial charge in [-0.2, -0.15) is 0 Å². The van der Waals surface area contributed by atoms with E-state index in [1.807, 2.05) is 36.4 Å². The van der Waals surface area contributed by atoms with Crippen LogP contribution in [-0.2, 0) is 16.0 Å². The van der Waals surface area contributed by atoms with Gasteiger partial charge >= 0.3 is 5.97 Å². The van der Waals surface area contributed by atoms with Crippen LogP contribution >= 0.6 is 0 Å². The summed E-state index contributed by atoms with van der Waals surface area (Å²) in [5.41, 5.74) is 2.34. The van der Waals surface area contributed by atoms with Gasteiger partial charge in [-0.3, -0.25) is 9.59 Å². The van der Waals surface area contributed by atoms with E-state index in [-0.39, 0.29) is 11.8 Å². The Morgan fingerprint density at radius 3 is 2.81 bits per heavy atom. The van der Waals surface area contributed by atoms with Gasteiger partial charge in [0.15, 0.2) is 0 Å². The lowest BCUT2D eigenvalue weighted by Gasteiger charge is -2.36. The highest BCUT2D eigenvalue weighted by Crippen LogP contribution is 2.37. The molecule has 0 fully saturated rings. The van der Waals surface area contributed by atoms with E-state index in [2.05, 4.69) is 0 Å². The number of carboxylic acid groups (broad SMARTS) is 1. The first-order chi connectivity index (χ1) is 13.1. The van der Waals surface area contributed by atoms with E-state index in [9.17, 15) is 14.7 Å². The number of amides is 1. The number of carboxylic acids is 1. The summed E-state index contributed by atoms with van der Waals surface area (Å²) in [6.07, 6.45) is 0.989. The third kappa shape index (κ3) is 3.12. The van der Waals surface area contributed by atoms with E-state index >= 15 is 0 Å². The lowest BCUT2D eigenvalue weighted by atomic mass is 9.88. The van der Waals surface area contributed by atoms with Crippen LogP contribution in [0.4, 0.5) is 5.69 Å². The Hall–Kier alpha value is -3.02. The van der Waals surface area contributed by atoms with E-state index < -0.39 is 11.9 Å². The Labute approximate surface area is 157 Å². The quantitative estimate of drug-likeness (QED) is 0.903. The largest absolute Gasteiger partial charge is 0.497 e. The zero-order valence-corrected chi connectivity index (χ0v) is 15.1. The predicted octanol–water partition coefficient (Wildman–Crippen LogP) is 2.85. The normalized spacial score (nSPS) is 20.9. The average Bonchev–Trinajstić information content (AvgIpc) is 2.71. The van der Waals surface area contributed by atoms with Crippen LogP contribution in [0.25, 0.3) is 0 Å². The van der Waals surface area contributed by atoms with E-state index in [1.54, 1.807) is 18.1 Å². The number of benzene rings is 2. The van der Waals surface area contributed by atoms with Crippen molar-refractivity contribution in [2.24, 2.45) is 5.92 Å². The number of hydrogen-bond acceptors (Lipinski definition) is 4. The molecule has 0 radical (unpaired) electrons. The zero-order valence-electron chi connectivity index (χ0n) is 15.1. The molecule has 2 unspecified atom stereocenters. The second-order valence-corrected chi connectivity index (χ2v) is 6.91. The van der Waals surface area contributed by atoms with Crippen LogP contribution in [0.15, 0.2) is 42.5 Å². The van der Waals surface area contributed by atoms with Gasteiger partial charge in [-0.1, -0.05) is 18.2 Å². The van der Waals surface area contributed by atoms with Gasteiger partial charge in [0, 0.05) is 12.2 Å². The number of methoxy groups -OCH3 is 1. The Morgan fingerprint density at radius 2 is 2.04 bits per heavy atom. The molecule has 2 aliphatic rings. The summed E-state index contributed by atoms with van der Waals surface area (Å²) in [5.74, 6) is -0.240. The molecule has 2 heterocycles. The summed E-state index contributed by atoms with van der Waals surface area (Å²) >= 11 is 0. The average molecular weight is 367 g/mol. The predicted molar refractivity (Wildman–Crippen MR) is 99.5 cm³/mol. The number of fused-ring (bicyclic) bond motifs is 2. The molecule has 0 saturated heterocycles. The number of para-hydroxylation sites is 1. The lowest BCUT2D eigenvalue weighted by molar-refractivity contribution is -0.139. The molecule has 140 valence electrons. The van der Waals surface area contributed by atoms with Gasteiger partial charge in [0.2, 0.25) is 5.91 Å². The summed E-state index contributed by atoms with van der Waals surface area (Å²) in [6, 6.07) is 12.9. The standard InChI is InChI=1S/C21H21NO5/c1-26-15-6-7-19-13(11-15)10-14(12-27-19)20(23)22-9-8-17(21(24)25)16-4-2-3-5-18(16)22/h2-7,11,14,17H,8-10,12H2,1H3,(H,24,25). The number of rotatable bonds is 3. The number of ether oxygens (including phenoxy) is 2. The molecule has 2 aromatic rings. The molecule has 2 aromatic carbocycles. The highest BCUT2D eigenvalue weighted by Gasteiger charge is 2.36. The van der Waals surface area contributed by atoms with Crippen molar-refractivity contribution in [2.75, 3.05) is 25.2 Å². The van der Waals surface area contributed by atoms with Crippen molar-refractivity contribution in [3.05, 3.63) is 53.6 Å². The number of hydrogen-bond donors (Lipinski definition) is 1. The van der Waals surface area contributed by atoms with Crippen LogP contribution in [0.3, 0.4) is 0 Å². The highest BCUT2D eigenvalue weighted by atomic mass is 16.5. The van der Waals surface area contributed by atoms with Gasteiger partial charge in [-0.25, -0.2) is 0 Å². The third-order valence-electron chi connectivity index (χ3n) is 5.33. The van der Waals surface area contributed by atoms with Gasteiger partial charge in [-0.15, -0.1) is 0 Å². The summed E-state index contributed by atoms with van der Waals surface area (Å²) in [6.45, 7) is 0.716. The maximum atomic E-state index is 13.2. The fraction of sp³-hybridized carbons (Fsp3) is 0.333. The molecule has 0 aliphatic carbocycles. The number of anilines is 1. The molecular formula is C21H21NO5. The van der Waals surface area contributed by atoms with Crippen molar-refractivity contribution in [1.82, 2.24) is 0 Å². The van der Waals surface area contributed by atoms with E-state index in [4.69, 9.17) is 9.47 Å². The molecule has 6 heteroatoms. The topological polar surface area (TPSA) is 76.1 Å². The maximum absolute atomic E-state index is 13.2. The fourth-order valence-electron chi connectivity index (χ4n) is 3.92. The molecule has 0 spiro atoms. The first-order valence-corrected chi connectivity index (χ1v) is 9.01. The van der Waals surface area contributed by atoms with Crippen molar-refractivity contribution in [3.8, 4) is 11.5 Å². The van der Waals surface area contributed by atoms with Crippen molar-refractivity contribution in [1.29, 1.82) is 0 Å². The summed E-state index contributed by atoms with van der Waals surface area (Å²) < 4.78 is 11.1. The van der Waals surface area contributed by atoms with E-state index in [0.29, 0.717) is 37.2 Å². The second-order valence-electron chi connectivity index (χ2n) is 6.91. The van der Waals surface area contributed by atoms with Gasteiger partial charge in [0.1, 0.15) is 18.1 Å². The lowest BCUT2D eigenvalue weighted by Crippen LogP contribution is -2.44. The van der Waals surface area contributed by atoms with Crippen molar-refractivity contribution in [3.63, 3.8) is 0 Å². The molecule has 1 amide bonds. The van der Waals surface area contributed by atoms with Crippen molar-refractivity contribution < 1.29 is 24.2 Å². The Kier molecular flexibility index (Phi) is 4.48. The van der Waals surface area contributed by atoms with Gasteiger partial charge < -0.3 is 19.5 Å². The molecule has 27 heavy (non-hydrogen) atoms. The van der Waals surface area contributed by atoms with Crippen molar-refractivity contribution in [2.45, 2.75) is 18.8 Å². The minimum atomic E-state index is -0.850. The number of nitrogens with zero attached hydrogens (tertiary/aromatic N) is 1. The molecule has 2 aliphatic heterocycles. The van der Waals surface area contributed by atoms with Gasteiger partial charge in [-0.05, 0) is 48.2 Å². The second kappa shape index (κ2) is 6.95. The fourth-order valence-corrected chi connectivity index (χ4v) is 3.92. The van der Waals surface area contributed by atoms with Gasteiger partial charge in [0.05, 0.1) is 18.9 Å². The molecule has 0 saturated carbocycles. The summed E-state index contributed by atoms with van der Waals surface area (Å²) in [7, 11) is 1.61. The Balaban J connectivity index is 1.60. The maximum Gasteiger partial charge on any atom is 0.311 e. The number of carbonyl (C=O) groups excluding carboxylic acids is 1. The zero-order chi connectivity index (χ0) is 19.0.